The van der Waals surface area contributed by atoms with E-state index in [0.717, 1.165) is 24.9 Å². The highest BCUT2D eigenvalue weighted by Crippen LogP contribution is 2.18. The maximum atomic E-state index is 13.1. The summed E-state index contributed by atoms with van der Waals surface area (Å²) < 4.78 is 13.1. The molecule has 1 N–H and O–H groups in total. The number of carbonyl (C=O) groups excluding carboxylic acids is 2. The summed E-state index contributed by atoms with van der Waals surface area (Å²) in [5.74, 6) is -0.619. The van der Waals surface area contributed by atoms with Crippen LogP contribution in [-0.4, -0.2) is 54.4 Å². The summed E-state index contributed by atoms with van der Waals surface area (Å²) >= 11 is 0. The van der Waals surface area contributed by atoms with Crippen LogP contribution in [0.5, 0.6) is 0 Å². The van der Waals surface area contributed by atoms with Gasteiger partial charge in [-0.3, -0.25) is 14.6 Å². The normalized spacial score (nSPS) is 14.0. The van der Waals surface area contributed by atoms with Crippen LogP contribution in [0.1, 0.15) is 47.0 Å². The molecule has 2 aromatic rings. The third-order valence-corrected chi connectivity index (χ3v) is 5.07. The predicted octanol–water partition coefficient (Wildman–Crippen LogP) is 3.10. The Morgan fingerprint density at radius 2 is 1.79 bits per heavy atom. The van der Waals surface area contributed by atoms with Crippen molar-refractivity contribution in [3.8, 4) is 0 Å². The van der Waals surface area contributed by atoms with Gasteiger partial charge >= 0.3 is 0 Å². The lowest BCUT2D eigenvalue weighted by atomic mass is 10.1. The molecule has 3 rings (SSSR count). The molecule has 1 aromatic carbocycles. The van der Waals surface area contributed by atoms with Crippen LogP contribution in [0.25, 0.3) is 0 Å². The van der Waals surface area contributed by atoms with E-state index < -0.39 is 0 Å². The Morgan fingerprint density at radius 1 is 1.07 bits per heavy atom. The molecule has 7 heteroatoms. The van der Waals surface area contributed by atoms with E-state index in [1.807, 2.05) is 0 Å². The Labute approximate surface area is 170 Å². The van der Waals surface area contributed by atoms with Gasteiger partial charge in [0.1, 0.15) is 11.5 Å². The second-order valence-corrected chi connectivity index (χ2v) is 7.15. The molecule has 2 amide bonds. The molecule has 1 aliphatic rings. The van der Waals surface area contributed by atoms with Crippen molar-refractivity contribution in [3.63, 3.8) is 0 Å². The molecule has 29 heavy (non-hydrogen) atoms. The number of aromatic nitrogens is 1. The molecule has 6 nitrogen and oxygen atoms in total. The van der Waals surface area contributed by atoms with Gasteiger partial charge in [-0.25, -0.2) is 4.39 Å². The van der Waals surface area contributed by atoms with E-state index in [1.54, 1.807) is 29.2 Å². The number of hydrogen-bond donors (Lipinski definition) is 1. The van der Waals surface area contributed by atoms with Crippen LogP contribution in [-0.2, 0) is 0 Å². The molecule has 0 saturated carbocycles. The van der Waals surface area contributed by atoms with Crippen molar-refractivity contribution < 1.29 is 14.0 Å². The van der Waals surface area contributed by atoms with Gasteiger partial charge in [0.05, 0.1) is 0 Å². The average molecular weight is 398 g/mol. The van der Waals surface area contributed by atoms with E-state index in [2.05, 4.69) is 22.1 Å². The lowest BCUT2D eigenvalue weighted by Gasteiger charge is -2.36. The van der Waals surface area contributed by atoms with Crippen molar-refractivity contribution in [3.05, 3.63) is 59.7 Å². The maximum absolute atomic E-state index is 13.1. The van der Waals surface area contributed by atoms with Gasteiger partial charge in [0.15, 0.2) is 0 Å². The average Bonchev–Trinajstić information content (AvgIpc) is 2.77. The number of hydrogen-bond acceptors (Lipinski definition) is 4. The fourth-order valence-electron chi connectivity index (χ4n) is 3.35. The van der Waals surface area contributed by atoms with Gasteiger partial charge in [-0.15, -0.1) is 0 Å². The third kappa shape index (κ3) is 5.53. The molecule has 0 bridgehead atoms. The number of halogens is 1. The SMILES string of the molecule is CCCCCNC(=O)c1ccnc(C(=O)N2CCN(c3ccc(F)cc3)CC2)c1. The second kappa shape index (κ2) is 10.0. The molecule has 1 fully saturated rings. The summed E-state index contributed by atoms with van der Waals surface area (Å²) in [6.07, 6.45) is 4.61. The minimum atomic E-state index is -0.261. The van der Waals surface area contributed by atoms with Crippen LogP contribution in [0.2, 0.25) is 0 Å². The number of pyridine rings is 1. The largest absolute Gasteiger partial charge is 0.368 e. The Bertz CT molecular complexity index is 833. The molecular formula is C22H27FN4O2. The zero-order valence-corrected chi connectivity index (χ0v) is 16.7. The molecule has 0 atom stereocenters. The highest BCUT2D eigenvalue weighted by Gasteiger charge is 2.23. The topological polar surface area (TPSA) is 65.5 Å². The van der Waals surface area contributed by atoms with Gasteiger partial charge in [-0.05, 0) is 42.8 Å². The van der Waals surface area contributed by atoms with E-state index in [9.17, 15) is 14.0 Å². The lowest BCUT2D eigenvalue weighted by molar-refractivity contribution is 0.0741. The fraction of sp³-hybridized carbons (Fsp3) is 0.409. The van der Waals surface area contributed by atoms with Crippen LogP contribution in [0, 0.1) is 5.82 Å². The minimum absolute atomic E-state index is 0.176. The standard InChI is InChI=1S/C22H27FN4O2/c1-2-3-4-10-25-21(28)17-9-11-24-20(16-17)22(29)27-14-12-26(13-15-27)19-7-5-18(23)6-8-19/h5-9,11,16H,2-4,10,12-15H2,1H3,(H,25,28). The van der Waals surface area contributed by atoms with Crippen molar-refractivity contribution >= 4 is 17.5 Å². The highest BCUT2D eigenvalue weighted by molar-refractivity contribution is 5.98. The van der Waals surface area contributed by atoms with E-state index >= 15 is 0 Å². The molecule has 0 aliphatic carbocycles. The predicted molar refractivity (Wildman–Crippen MR) is 111 cm³/mol. The van der Waals surface area contributed by atoms with Crippen LogP contribution in [0.15, 0.2) is 42.6 Å². The van der Waals surface area contributed by atoms with E-state index in [4.69, 9.17) is 0 Å². The van der Waals surface area contributed by atoms with Gasteiger partial charge in [-0.1, -0.05) is 19.8 Å². The lowest BCUT2D eigenvalue weighted by Crippen LogP contribution is -2.49. The van der Waals surface area contributed by atoms with Crippen molar-refractivity contribution in [2.24, 2.45) is 0 Å². The molecule has 1 saturated heterocycles. The summed E-state index contributed by atoms with van der Waals surface area (Å²) in [5, 5.41) is 2.88. The van der Waals surface area contributed by atoms with Gasteiger partial charge in [0.2, 0.25) is 0 Å². The van der Waals surface area contributed by atoms with Crippen molar-refractivity contribution in [1.29, 1.82) is 0 Å². The Balaban J connectivity index is 1.57. The van der Waals surface area contributed by atoms with E-state index in [-0.39, 0.29) is 23.3 Å². The van der Waals surface area contributed by atoms with Crippen LogP contribution >= 0.6 is 0 Å². The molecule has 1 aromatic heterocycles. The Morgan fingerprint density at radius 3 is 2.48 bits per heavy atom. The summed E-state index contributed by atoms with van der Waals surface area (Å²) in [6.45, 7) is 5.16. The number of piperazine rings is 1. The first-order valence-corrected chi connectivity index (χ1v) is 10.1. The number of nitrogens with one attached hydrogen (secondary N) is 1. The second-order valence-electron chi connectivity index (χ2n) is 7.15. The smallest absolute Gasteiger partial charge is 0.272 e. The van der Waals surface area contributed by atoms with Crippen molar-refractivity contribution in [1.82, 2.24) is 15.2 Å². The van der Waals surface area contributed by atoms with Gasteiger partial charge in [0.25, 0.3) is 11.8 Å². The van der Waals surface area contributed by atoms with Crippen LogP contribution in [0.4, 0.5) is 10.1 Å². The Hall–Kier alpha value is -2.96. The zero-order valence-electron chi connectivity index (χ0n) is 16.7. The Kier molecular flexibility index (Phi) is 7.16. The number of benzene rings is 1. The summed E-state index contributed by atoms with van der Waals surface area (Å²) in [7, 11) is 0. The summed E-state index contributed by atoms with van der Waals surface area (Å²) in [5.41, 5.74) is 1.67. The molecule has 1 aliphatic heterocycles. The van der Waals surface area contributed by atoms with Gasteiger partial charge in [-0.2, -0.15) is 0 Å². The summed E-state index contributed by atoms with van der Waals surface area (Å²) in [6, 6.07) is 9.56. The number of rotatable bonds is 7. The van der Waals surface area contributed by atoms with E-state index in [0.29, 0.717) is 38.3 Å². The number of carbonyl (C=O) groups is 2. The first-order chi connectivity index (χ1) is 14.1. The number of unbranched alkanes of at least 4 members (excludes halogenated alkanes) is 2. The van der Waals surface area contributed by atoms with Crippen molar-refractivity contribution in [2.45, 2.75) is 26.2 Å². The number of amides is 2. The first-order valence-electron chi connectivity index (χ1n) is 10.1. The van der Waals surface area contributed by atoms with Crippen LogP contribution in [0.3, 0.4) is 0 Å². The first kappa shape index (κ1) is 20.8. The molecule has 2 heterocycles. The van der Waals surface area contributed by atoms with Crippen molar-refractivity contribution in [2.75, 3.05) is 37.6 Å². The molecule has 0 unspecified atom stereocenters. The van der Waals surface area contributed by atoms with Gasteiger partial charge in [0, 0.05) is 50.2 Å². The molecule has 0 spiro atoms. The minimum Gasteiger partial charge on any atom is -0.368 e. The fourth-order valence-corrected chi connectivity index (χ4v) is 3.35. The summed E-state index contributed by atoms with van der Waals surface area (Å²) in [4.78, 5) is 33.1. The zero-order chi connectivity index (χ0) is 20.6. The van der Waals surface area contributed by atoms with E-state index in [1.165, 1.54) is 18.3 Å². The van der Waals surface area contributed by atoms with Crippen LogP contribution < -0.4 is 10.2 Å². The molecular weight excluding hydrogens is 371 g/mol. The molecule has 0 radical (unpaired) electrons. The monoisotopic (exact) mass is 398 g/mol. The highest BCUT2D eigenvalue weighted by atomic mass is 19.1. The van der Waals surface area contributed by atoms with Gasteiger partial charge < -0.3 is 15.1 Å². The number of anilines is 1. The maximum Gasteiger partial charge on any atom is 0.272 e. The molecule has 154 valence electrons. The number of nitrogens with zero attached hydrogens (tertiary/aromatic N) is 3. The third-order valence-electron chi connectivity index (χ3n) is 5.07. The quantitative estimate of drug-likeness (QED) is 0.728.